The molecule has 2 fully saturated rings. The maximum absolute atomic E-state index is 13.8. The van der Waals surface area contributed by atoms with E-state index in [1.807, 2.05) is 44.7 Å². The highest BCUT2D eigenvalue weighted by Gasteiger charge is 2.43. The van der Waals surface area contributed by atoms with E-state index in [-0.39, 0.29) is 41.9 Å². The fraction of sp³-hybridized carbons (Fsp3) is 0.548. The zero-order valence-corrected chi connectivity index (χ0v) is 25.8. The SMILES string of the molecule is C[C@H](Oc1ccc(C#N)cn1)[C@H]1CN(C(=O)C2CCC(N(C)C(=O)OC(C)(C)C)CC2)C[C@@H]1c1ccc(Cl)c(Cl)c1. The van der Waals surface area contributed by atoms with E-state index in [0.717, 1.165) is 31.2 Å². The molecule has 220 valence electrons. The Kier molecular flexibility index (Phi) is 9.71. The molecule has 1 aliphatic heterocycles. The molecule has 8 nitrogen and oxygen atoms in total. The van der Waals surface area contributed by atoms with E-state index in [1.165, 1.54) is 6.20 Å². The number of benzene rings is 1. The van der Waals surface area contributed by atoms with E-state index in [1.54, 1.807) is 30.1 Å². The number of ether oxygens (including phenoxy) is 2. The Morgan fingerprint density at radius 2 is 1.80 bits per heavy atom. The lowest BCUT2D eigenvalue weighted by molar-refractivity contribution is -0.136. The van der Waals surface area contributed by atoms with Gasteiger partial charge in [-0.3, -0.25) is 4.79 Å². The van der Waals surface area contributed by atoms with Gasteiger partial charge in [-0.2, -0.15) is 5.26 Å². The minimum Gasteiger partial charge on any atom is -0.474 e. The van der Waals surface area contributed by atoms with Crippen LogP contribution in [-0.4, -0.2) is 64.7 Å². The molecule has 3 atom stereocenters. The van der Waals surface area contributed by atoms with Crippen molar-refractivity contribution >= 4 is 35.2 Å². The fourth-order valence-electron chi connectivity index (χ4n) is 5.83. The number of pyridine rings is 1. The van der Waals surface area contributed by atoms with Gasteiger partial charge in [0.05, 0.1) is 15.6 Å². The van der Waals surface area contributed by atoms with Gasteiger partial charge in [-0.1, -0.05) is 29.3 Å². The normalized spacial score (nSPS) is 23.4. The van der Waals surface area contributed by atoms with Gasteiger partial charge in [0, 0.05) is 56.2 Å². The zero-order chi connectivity index (χ0) is 29.9. The molecule has 2 heterocycles. The maximum atomic E-state index is 13.8. The number of rotatable bonds is 6. The van der Waals surface area contributed by atoms with E-state index in [2.05, 4.69) is 11.1 Å². The molecular weight excluding hydrogens is 563 g/mol. The van der Waals surface area contributed by atoms with Crippen molar-refractivity contribution in [3.63, 3.8) is 0 Å². The Balaban J connectivity index is 1.45. The summed E-state index contributed by atoms with van der Waals surface area (Å²) in [6, 6.07) is 11.1. The molecule has 0 N–H and O–H groups in total. The van der Waals surface area contributed by atoms with Crippen LogP contribution in [0.1, 0.15) is 70.4 Å². The Labute approximate surface area is 252 Å². The fourth-order valence-corrected chi connectivity index (χ4v) is 6.13. The Hall–Kier alpha value is -3.02. The van der Waals surface area contributed by atoms with E-state index < -0.39 is 5.60 Å². The second-order valence-corrected chi connectivity index (χ2v) is 12.9. The van der Waals surface area contributed by atoms with Gasteiger partial charge in [0.2, 0.25) is 11.8 Å². The molecular formula is C31H38Cl2N4O4. The average Bonchev–Trinajstić information content (AvgIpc) is 3.39. The second-order valence-electron chi connectivity index (χ2n) is 12.1. The standard InChI is InChI=1S/C31H38Cl2N4O4/c1-19(40-28-13-6-20(15-34)16-35-28)24-17-37(18-25(24)22-9-12-26(32)27(33)14-22)29(38)21-7-10-23(11-8-21)36(5)30(39)41-31(2,3)4/h6,9,12-14,16,19,21,23-25H,7-8,10-11,17-18H2,1-5H3/t19-,21?,23?,24+,25+/m0/s1. The Morgan fingerprint density at radius 3 is 2.39 bits per heavy atom. The molecule has 1 aromatic carbocycles. The van der Waals surface area contributed by atoms with Gasteiger partial charge in [-0.15, -0.1) is 0 Å². The summed E-state index contributed by atoms with van der Waals surface area (Å²) in [5, 5.41) is 10.0. The lowest BCUT2D eigenvalue weighted by atomic mass is 9.84. The number of likely N-dealkylation sites (tertiary alicyclic amines) is 1. The van der Waals surface area contributed by atoms with Crippen LogP contribution in [0.5, 0.6) is 5.88 Å². The summed E-state index contributed by atoms with van der Waals surface area (Å²) in [4.78, 5) is 34.2. The van der Waals surface area contributed by atoms with Crippen LogP contribution >= 0.6 is 23.2 Å². The number of carbonyl (C=O) groups is 2. The van der Waals surface area contributed by atoms with Crippen LogP contribution in [0.4, 0.5) is 4.79 Å². The number of aromatic nitrogens is 1. The third-order valence-electron chi connectivity index (χ3n) is 8.10. The van der Waals surface area contributed by atoms with Gasteiger partial charge < -0.3 is 19.3 Å². The molecule has 1 aromatic heterocycles. The van der Waals surface area contributed by atoms with Crippen LogP contribution in [0, 0.1) is 23.2 Å². The third-order valence-corrected chi connectivity index (χ3v) is 8.84. The van der Waals surface area contributed by atoms with Gasteiger partial charge >= 0.3 is 6.09 Å². The second kappa shape index (κ2) is 12.9. The lowest BCUT2D eigenvalue weighted by Crippen LogP contribution is -2.44. The molecule has 1 saturated carbocycles. The summed E-state index contributed by atoms with van der Waals surface area (Å²) in [7, 11) is 1.78. The largest absolute Gasteiger partial charge is 0.474 e. The van der Waals surface area contributed by atoms with Gasteiger partial charge in [-0.25, -0.2) is 9.78 Å². The molecule has 2 aromatic rings. The van der Waals surface area contributed by atoms with E-state index in [9.17, 15) is 9.59 Å². The highest BCUT2D eigenvalue weighted by Crippen LogP contribution is 2.40. The van der Waals surface area contributed by atoms with Crippen LogP contribution < -0.4 is 4.74 Å². The van der Waals surface area contributed by atoms with Crippen LogP contribution in [0.25, 0.3) is 0 Å². The van der Waals surface area contributed by atoms with Crippen molar-refractivity contribution < 1.29 is 19.1 Å². The third kappa shape index (κ3) is 7.64. The molecule has 0 bridgehead atoms. The highest BCUT2D eigenvalue weighted by molar-refractivity contribution is 6.42. The first-order valence-corrected chi connectivity index (χ1v) is 14.8. The van der Waals surface area contributed by atoms with Crippen LogP contribution in [-0.2, 0) is 9.53 Å². The summed E-state index contributed by atoms with van der Waals surface area (Å²) in [6.45, 7) is 8.65. The molecule has 10 heteroatoms. The average molecular weight is 602 g/mol. The van der Waals surface area contributed by atoms with Gasteiger partial charge in [0.15, 0.2) is 0 Å². The van der Waals surface area contributed by atoms with Gasteiger partial charge in [-0.05, 0) is 77.1 Å². The highest BCUT2D eigenvalue weighted by atomic mass is 35.5. The van der Waals surface area contributed by atoms with Crippen molar-refractivity contribution in [3.8, 4) is 11.9 Å². The molecule has 0 spiro atoms. The topological polar surface area (TPSA) is 95.8 Å². The predicted molar refractivity (Wildman–Crippen MR) is 158 cm³/mol. The van der Waals surface area contributed by atoms with Crippen molar-refractivity contribution in [2.45, 2.75) is 77.0 Å². The number of hydrogen-bond acceptors (Lipinski definition) is 6. The first-order valence-electron chi connectivity index (χ1n) is 14.1. The summed E-state index contributed by atoms with van der Waals surface area (Å²) >= 11 is 12.6. The van der Waals surface area contributed by atoms with Gasteiger partial charge in [0.25, 0.3) is 0 Å². The van der Waals surface area contributed by atoms with E-state index in [0.29, 0.717) is 34.6 Å². The molecule has 1 aliphatic carbocycles. The van der Waals surface area contributed by atoms with E-state index in [4.69, 9.17) is 37.9 Å². The van der Waals surface area contributed by atoms with Gasteiger partial charge in [0.1, 0.15) is 17.8 Å². The maximum Gasteiger partial charge on any atom is 0.410 e. The first-order chi connectivity index (χ1) is 19.4. The number of halogens is 2. The molecule has 2 aliphatic rings. The quantitative estimate of drug-likeness (QED) is 0.366. The summed E-state index contributed by atoms with van der Waals surface area (Å²) < 4.78 is 11.7. The number of carbonyl (C=O) groups excluding carboxylic acids is 2. The van der Waals surface area contributed by atoms with Crippen molar-refractivity contribution in [1.29, 1.82) is 5.26 Å². The van der Waals surface area contributed by atoms with E-state index >= 15 is 0 Å². The lowest BCUT2D eigenvalue weighted by Gasteiger charge is -2.36. The number of amides is 2. The summed E-state index contributed by atoms with van der Waals surface area (Å²) in [5.74, 6) is 0.462. The first kappa shape index (κ1) is 30.9. The summed E-state index contributed by atoms with van der Waals surface area (Å²) in [6.07, 6.45) is 3.84. The van der Waals surface area contributed by atoms with Crippen molar-refractivity contribution in [2.75, 3.05) is 20.1 Å². The monoisotopic (exact) mass is 600 g/mol. The zero-order valence-electron chi connectivity index (χ0n) is 24.3. The predicted octanol–water partition coefficient (Wildman–Crippen LogP) is 6.70. The van der Waals surface area contributed by atoms with Crippen molar-refractivity contribution in [2.24, 2.45) is 11.8 Å². The minimum absolute atomic E-state index is 0.00302. The van der Waals surface area contributed by atoms with Crippen LogP contribution in [0.2, 0.25) is 10.0 Å². The van der Waals surface area contributed by atoms with Crippen LogP contribution in [0.15, 0.2) is 36.5 Å². The van der Waals surface area contributed by atoms with Crippen molar-refractivity contribution in [1.82, 2.24) is 14.8 Å². The smallest absolute Gasteiger partial charge is 0.410 e. The molecule has 41 heavy (non-hydrogen) atoms. The summed E-state index contributed by atoms with van der Waals surface area (Å²) in [5.41, 5.74) is 0.918. The molecule has 2 amide bonds. The molecule has 4 rings (SSSR count). The molecule has 0 radical (unpaired) electrons. The minimum atomic E-state index is -0.549. The van der Waals surface area contributed by atoms with Crippen LogP contribution in [0.3, 0.4) is 0 Å². The molecule has 1 saturated heterocycles. The number of nitriles is 1. The number of nitrogens with zero attached hydrogens (tertiary/aromatic N) is 4. The van der Waals surface area contributed by atoms with Crippen molar-refractivity contribution in [3.05, 3.63) is 57.7 Å². The molecule has 0 unspecified atom stereocenters. The Bertz CT molecular complexity index is 1280. The Morgan fingerprint density at radius 1 is 1.10 bits per heavy atom. The number of hydrogen-bond donors (Lipinski definition) is 0.